The Balaban J connectivity index is 1.68. The molecule has 0 unspecified atom stereocenters. The second kappa shape index (κ2) is 6.54. The molecule has 1 aliphatic rings. The largest absolute Gasteiger partial charge is 0.288 e. The van der Waals surface area contributed by atoms with Crippen molar-refractivity contribution in [2.24, 2.45) is 0 Å². The average Bonchev–Trinajstić information content (AvgIpc) is 3.04. The van der Waals surface area contributed by atoms with Crippen molar-refractivity contribution in [3.8, 4) is 0 Å². The van der Waals surface area contributed by atoms with Crippen LogP contribution in [0.25, 0.3) is 11.0 Å². The third-order valence-electron chi connectivity index (χ3n) is 4.38. The number of imidazole rings is 1. The minimum atomic E-state index is -0.0210. The van der Waals surface area contributed by atoms with Crippen LogP contribution in [-0.4, -0.2) is 15.2 Å². The average molecular weight is 357 g/mol. The lowest BCUT2D eigenvalue weighted by Crippen LogP contribution is -2.03. The first-order valence-electron chi connectivity index (χ1n) is 8.18. The van der Waals surface area contributed by atoms with Gasteiger partial charge in [0.25, 0.3) is 0 Å². The summed E-state index contributed by atoms with van der Waals surface area (Å²) < 4.78 is 2.07. The molecule has 0 radical (unpaired) electrons. The molecule has 0 amide bonds. The first-order chi connectivity index (χ1) is 11.7. The Labute approximate surface area is 149 Å². The van der Waals surface area contributed by atoms with Gasteiger partial charge in [-0.05, 0) is 49.5 Å². The van der Waals surface area contributed by atoms with Gasteiger partial charge >= 0.3 is 0 Å². The molecule has 0 saturated heterocycles. The van der Waals surface area contributed by atoms with Gasteiger partial charge < -0.3 is 0 Å². The Hall–Kier alpha value is -1.91. The topological polar surface area (TPSA) is 34.4 Å². The molecule has 0 aliphatic heterocycles. The molecule has 24 heavy (non-hydrogen) atoms. The van der Waals surface area contributed by atoms with Crippen molar-refractivity contribution in [3.05, 3.63) is 63.4 Å². The number of aromatic nitrogens is 2. The van der Waals surface area contributed by atoms with E-state index < -0.39 is 0 Å². The molecule has 122 valence electrons. The molecule has 1 aliphatic carbocycles. The van der Waals surface area contributed by atoms with Gasteiger partial charge in [0, 0.05) is 15.6 Å². The third kappa shape index (κ3) is 2.92. The van der Waals surface area contributed by atoms with E-state index >= 15 is 0 Å². The van der Waals surface area contributed by atoms with Gasteiger partial charge in [0.05, 0.1) is 6.20 Å². The molecule has 0 spiro atoms. The van der Waals surface area contributed by atoms with Crippen molar-refractivity contribution >= 4 is 39.8 Å². The minimum Gasteiger partial charge on any atom is -0.288 e. The van der Waals surface area contributed by atoms with E-state index in [4.69, 9.17) is 11.6 Å². The van der Waals surface area contributed by atoms with Crippen LogP contribution in [-0.2, 0) is 12.8 Å². The molecule has 0 bridgehead atoms. The molecule has 4 rings (SSSR count). The number of aryl methyl sites for hydroxylation is 2. The Bertz CT molecular complexity index is 938. The van der Waals surface area contributed by atoms with Crippen LogP contribution in [0.5, 0.6) is 0 Å². The summed E-state index contributed by atoms with van der Waals surface area (Å²) in [6, 6.07) is 7.47. The minimum absolute atomic E-state index is 0.0210. The van der Waals surface area contributed by atoms with Crippen molar-refractivity contribution in [2.75, 3.05) is 0 Å². The molecule has 2 aromatic heterocycles. The van der Waals surface area contributed by atoms with Crippen LogP contribution in [0.3, 0.4) is 0 Å². The SMILES string of the molecule is O=C(/C=C/c1cccc(Cl)c1)c1cnc2sc3c(n12)CCCCC3. The van der Waals surface area contributed by atoms with E-state index in [-0.39, 0.29) is 5.78 Å². The number of nitrogens with zero attached hydrogens (tertiary/aromatic N) is 2. The Kier molecular flexibility index (Phi) is 4.25. The van der Waals surface area contributed by atoms with Crippen LogP contribution in [0.15, 0.2) is 36.5 Å². The summed E-state index contributed by atoms with van der Waals surface area (Å²) in [5.41, 5.74) is 2.85. The van der Waals surface area contributed by atoms with E-state index in [1.54, 1.807) is 29.7 Å². The maximum atomic E-state index is 12.7. The second-order valence-corrected chi connectivity index (χ2v) is 7.55. The van der Waals surface area contributed by atoms with Crippen LogP contribution < -0.4 is 0 Å². The van der Waals surface area contributed by atoms with Crippen LogP contribution in [0.1, 0.15) is 45.9 Å². The Morgan fingerprint density at radius 3 is 3.00 bits per heavy atom. The number of carbonyl (C=O) groups excluding carboxylic acids is 1. The zero-order chi connectivity index (χ0) is 16.5. The summed E-state index contributed by atoms with van der Waals surface area (Å²) in [6.45, 7) is 0. The molecule has 0 N–H and O–H groups in total. The quantitative estimate of drug-likeness (QED) is 0.366. The number of hydrogen-bond donors (Lipinski definition) is 0. The van der Waals surface area contributed by atoms with Gasteiger partial charge in [-0.15, -0.1) is 11.3 Å². The van der Waals surface area contributed by atoms with Crippen LogP contribution >= 0.6 is 22.9 Å². The molecule has 5 heteroatoms. The Morgan fingerprint density at radius 1 is 1.25 bits per heavy atom. The normalized spacial score (nSPS) is 14.9. The molecular weight excluding hydrogens is 340 g/mol. The van der Waals surface area contributed by atoms with E-state index in [1.807, 2.05) is 24.3 Å². The number of allylic oxidation sites excluding steroid dienone is 1. The standard InChI is InChI=1S/C19H17ClN2OS/c20-14-6-4-5-13(11-14)9-10-17(23)16-12-21-19-22(16)15-7-2-1-3-8-18(15)24-19/h4-6,9-12H,1-3,7-8H2/b10-9+. The second-order valence-electron chi connectivity index (χ2n) is 6.05. The number of carbonyl (C=O) groups is 1. The van der Waals surface area contributed by atoms with Gasteiger partial charge in [0.2, 0.25) is 5.78 Å². The van der Waals surface area contributed by atoms with Crippen molar-refractivity contribution < 1.29 is 4.79 Å². The maximum absolute atomic E-state index is 12.7. The fourth-order valence-electron chi connectivity index (χ4n) is 3.20. The summed E-state index contributed by atoms with van der Waals surface area (Å²) in [5.74, 6) is -0.0210. The van der Waals surface area contributed by atoms with Crippen molar-refractivity contribution in [1.82, 2.24) is 9.38 Å². The lowest BCUT2D eigenvalue weighted by molar-refractivity contribution is 0.104. The first-order valence-corrected chi connectivity index (χ1v) is 9.38. The molecule has 3 nitrogen and oxygen atoms in total. The zero-order valence-electron chi connectivity index (χ0n) is 13.2. The summed E-state index contributed by atoms with van der Waals surface area (Å²) in [6.07, 6.45) is 10.9. The van der Waals surface area contributed by atoms with Crippen molar-refractivity contribution in [3.63, 3.8) is 0 Å². The number of halogens is 1. The predicted molar refractivity (Wildman–Crippen MR) is 99.1 cm³/mol. The highest BCUT2D eigenvalue weighted by atomic mass is 35.5. The molecule has 0 atom stereocenters. The van der Waals surface area contributed by atoms with Gasteiger partial charge in [0.15, 0.2) is 4.96 Å². The highest BCUT2D eigenvalue weighted by molar-refractivity contribution is 7.17. The van der Waals surface area contributed by atoms with Crippen LogP contribution in [0, 0.1) is 0 Å². The summed E-state index contributed by atoms with van der Waals surface area (Å²) in [5, 5.41) is 0.666. The lowest BCUT2D eigenvalue weighted by Gasteiger charge is -2.02. The zero-order valence-corrected chi connectivity index (χ0v) is 14.7. The van der Waals surface area contributed by atoms with E-state index in [1.165, 1.54) is 29.8 Å². The number of thiazole rings is 1. The summed E-state index contributed by atoms with van der Waals surface area (Å²) in [7, 11) is 0. The molecule has 0 fully saturated rings. The number of hydrogen-bond acceptors (Lipinski definition) is 3. The van der Waals surface area contributed by atoms with Gasteiger partial charge in [-0.3, -0.25) is 9.20 Å². The third-order valence-corrected chi connectivity index (χ3v) is 5.77. The molecule has 2 heterocycles. The highest BCUT2D eigenvalue weighted by Crippen LogP contribution is 2.30. The number of fused-ring (bicyclic) bond motifs is 3. The van der Waals surface area contributed by atoms with E-state index in [0.29, 0.717) is 10.7 Å². The van der Waals surface area contributed by atoms with Gasteiger partial charge in [-0.2, -0.15) is 0 Å². The van der Waals surface area contributed by atoms with Crippen molar-refractivity contribution in [1.29, 1.82) is 0 Å². The molecule has 3 aromatic rings. The monoisotopic (exact) mass is 356 g/mol. The van der Waals surface area contributed by atoms with Gasteiger partial charge in [-0.1, -0.05) is 36.2 Å². The number of rotatable bonds is 3. The van der Waals surface area contributed by atoms with Gasteiger partial charge in [-0.25, -0.2) is 4.98 Å². The lowest BCUT2D eigenvalue weighted by atomic mass is 10.1. The van der Waals surface area contributed by atoms with E-state index in [2.05, 4.69) is 9.38 Å². The van der Waals surface area contributed by atoms with Crippen LogP contribution in [0.4, 0.5) is 0 Å². The maximum Gasteiger partial charge on any atom is 0.204 e. The van der Waals surface area contributed by atoms with Crippen molar-refractivity contribution in [2.45, 2.75) is 32.1 Å². The predicted octanol–water partition coefficient (Wildman–Crippen LogP) is 5.21. The summed E-state index contributed by atoms with van der Waals surface area (Å²) in [4.78, 5) is 19.4. The fourth-order valence-corrected chi connectivity index (χ4v) is 4.59. The first kappa shape index (κ1) is 15.6. The molecule has 1 aromatic carbocycles. The Morgan fingerprint density at radius 2 is 2.12 bits per heavy atom. The smallest absolute Gasteiger partial charge is 0.204 e. The highest BCUT2D eigenvalue weighted by Gasteiger charge is 2.20. The molecule has 0 saturated carbocycles. The van der Waals surface area contributed by atoms with Gasteiger partial charge in [0.1, 0.15) is 5.69 Å². The fraction of sp³-hybridized carbons (Fsp3) is 0.263. The van der Waals surface area contributed by atoms with Crippen LogP contribution in [0.2, 0.25) is 5.02 Å². The summed E-state index contributed by atoms with van der Waals surface area (Å²) >= 11 is 7.71. The number of benzene rings is 1. The number of ketones is 1. The van der Waals surface area contributed by atoms with E-state index in [9.17, 15) is 4.79 Å². The molecular formula is C19H17ClN2OS. The van der Waals surface area contributed by atoms with E-state index in [0.717, 1.165) is 23.4 Å².